The fourth-order valence-corrected chi connectivity index (χ4v) is 3.29. The standard InChI is InChI=1S/C16H23N5O/c17-13(12-3-1-2-4-15(12)22)7-14(16(18)19)21-8-10-5-6-11(9-21)20-10/h1-4,7,10-11,20,22H,5-6,8-9,17-19H2/b13-7-. The van der Waals surface area contributed by atoms with E-state index >= 15 is 0 Å². The molecule has 2 fully saturated rings. The largest absolute Gasteiger partial charge is 0.507 e. The number of phenols is 1. The van der Waals surface area contributed by atoms with Gasteiger partial charge in [0.25, 0.3) is 0 Å². The molecular weight excluding hydrogens is 278 g/mol. The summed E-state index contributed by atoms with van der Waals surface area (Å²) in [4.78, 5) is 2.18. The minimum absolute atomic E-state index is 0.145. The number of aromatic hydroxyl groups is 1. The number of nitrogens with zero attached hydrogens (tertiary/aromatic N) is 1. The first-order valence-corrected chi connectivity index (χ1v) is 7.56. The summed E-state index contributed by atoms with van der Waals surface area (Å²) < 4.78 is 0. The third-order valence-corrected chi connectivity index (χ3v) is 4.36. The molecule has 22 heavy (non-hydrogen) atoms. The monoisotopic (exact) mass is 301 g/mol. The SMILES string of the molecule is NC(N)=C(/C=C(\N)c1ccccc1O)N1CC2CCC(C1)N2. The molecule has 6 nitrogen and oxygen atoms in total. The summed E-state index contributed by atoms with van der Waals surface area (Å²) in [6.45, 7) is 1.74. The van der Waals surface area contributed by atoms with Crippen LogP contribution in [-0.4, -0.2) is 35.2 Å². The lowest BCUT2D eigenvalue weighted by molar-refractivity contribution is 0.247. The first-order chi connectivity index (χ1) is 10.5. The third kappa shape index (κ3) is 2.82. The average molecular weight is 301 g/mol. The summed E-state index contributed by atoms with van der Waals surface area (Å²) in [6.07, 6.45) is 4.12. The second-order valence-electron chi connectivity index (χ2n) is 6.00. The molecule has 1 aromatic rings. The predicted molar refractivity (Wildman–Crippen MR) is 87.2 cm³/mol. The molecule has 0 amide bonds. The van der Waals surface area contributed by atoms with E-state index in [1.54, 1.807) is 24.3 Å². The summed E-state index contributed by atoms with van der Waals surface area (Å²) in [6, 6.07) is 7.92. The zero-order valence-corrected chi connectivity index (χ0v) is 12.5. The van der Waals surface area contributed by atoms with Crippen molar-refractivity contribution in [3.8, 4) is 5.75 Å². The molecule has 0 saturated carbocycles. The van der Waals surface area contributed by atoms with Gasteiger partial charge in [-0.25, -0.2) is 0 Å². The maximum absolute atomic E-state index is 9.91. The van der Waals surface area contributed by atoms with Crippen molar-refractivity contribution in [2.75, 3.05) is 13.1 Å². The number of fused-ring (bicyclic) bond motifs is 2. The molecule has 2 aliphatic rings. The van der Waals surface area contributed by atoms with Crippen LogP contribution >= 0.6 is 0 Å². The molecule has 8 N–H and O–H groups in total. The number of nitrogens with two attached hydrogens (primary N) is 3. The van der Waals surface area contributed by atoms with E-state index < -0.39 is 0 Å². The van der Waals surface area contributed by atoms with Crippen molar-refractivity contribution in [1.82, 2.24) is 10.2 Å². The van der Waals surface area contributed by atoms with Gasteiger partial charge in [-0.1, -0.05) is 12.1 Å². The zero-order valence-electron chi connectivity index (χ0n) is 12.5. The van der Waals surface area contributed by atoms with Gasteiger partial charge < -0.3 is 32.5 Å². The van der Waals surface area contributed by atoms with Crippen LogP contribution in [0.1, 0.15) is 18.4 Å². The topological polar surface area (TPSA) is 114 Å². The van der Waals surface area contributed by atoms with Crippen LogP contribution in [0.2, 0.25) is 0 Å². The molecule has 2 saturated heterocycles. The van der Waals surface area contributed by atoms with Gasteiger partial charge in [0.05, 0.1) is 5.70 Å². The number of piperazine rings is 1. The molecule has 1 aromatic carbocycles. The number of likely N-dealkylation sites (tertiary alicyclic amines) is 1. The summed E-state index contributed by atoms with van der Waals surface area (Å²) in [7, 11) is 0. The molecule has 2 atom stereocenters. The molecule has 6 heteroatoms. The van der Waals surface area contributed by atoms with E-state index in [2.05, 4.69) is 10.2 Å². The van der Waals surface area contributed by atoms with E-state index in [4.69, 9.17) is 17.2 Å². The first kappa shape index (κ1) is 14.6. The van der Waals surface area contributed by atoms with Crippen molar-refractivity contribution in [3.63, 3.8) is 0 Å². The van der Waals surface area contributed by atoms with Gasteiger partial charge in [0.2, 0.25) is 0 Å². The summed E-state index contributed by atoms with van der Waals surface area (Å²) in [5, 5.41) is 13.5. The Bertz CT molecular complexity index is 609. The normalized spacial score (nSPS) is 24.4. The Labute approximate surface area is 130 Å². The van der Waals surface area contributed by atoms with Gasteiger partial charge in [0.1, 0.15) is 11.6 Å². The summed E-state index contributed by atoms with van der Waals surface area (Å²) in [5.74, 6) is 0.395. The van der Waals surface area contributed by atoms with Crippen LogP contribution in [0.5, 0.6) is 5.75 Å². The van der Waals surface area contributed by atoms with E-state index in [1.165, 1.54) is 12.8 Å². The minimum Gasteiger partial charge on any atom is -0.507 e. The molecule has 2 bridgehead atoms. The molecular formula is C16H23N5O. The molecule has 3 rings (SSSR count). The molecule has 0 spiro atoms. The van der Waals surface area contributed by atoms with Crippen molar-refractivity contribution in [2.45, 2.75) is 24.9 Å². The van der Waals surface area contributed by atoms with Gasteiger partial charge in [0.15, 0.2) is 0 Å². The molecule has 2 aliphatic heterocycles. The third-order valence-electron chi connectivity index (χ3n) is 4.36. The van der Waals surface area contributed by atoms with Crippen molar-refractivity contribution >= 4 is 5.70 Å². The van der Waals surface area contributed by atoms with Gasteiger partial charge >= 0.3 is 0 Å². The second kappa shape index (κ2) is 5.81. The highest BCUT2D eigenvalue weighted by Crippen LogP contribution is 2.26. The van der Waals surface area contributed by atoms with Crippen molar-refractivity contribution < 1.29 is 5.11 Å². The smallest absolute Gasteiger partial charge is 0.124 e. The van der Waals surface area contributed by atoms with Crippen LogP contribution in [0.4, 0.5) is 0 Å². The van der Waals surface area contributed by atoms with Crippen molar-refractivity contribution in [1.29, 1.82) is 0 Å². The maximum atomic E-state index is 9.91. The number of allylic oxidation sites excluding steroid dienone is 1. The quantitative estimate of drug-likeness (QED) is 0.510. The van der Waals surface area contributed by atoms with Crippen LogP contribution in [0, 0.1) is 0 Å². The van der Waals surface area contributed by atoms with Crippen LogP contribution in [0.25, 0.3) is 5.70 Å². The van der Waals surface area contributed by atoms with Crippen LogP contribution in [-0.2, 0) is 0 Å². The second-order valence-corrected chi connectivity index (χ2v) is 6.00. The number of hydrogen-bond donors (Lipinski definition) is 5. The molecule has 0 aliphatic carbocycles. The van der Waals surface area contributed by atoms with E-state index in [-0.39, 0.29) is 11.6 Å². The van der Waals surface area contributed by atoms with Crippen molar-refractivity contribution in [3.05, 3.63) is 47.4 Å². The Balaban J connectivity index is 1.88. The lowest BCUT2D eigenvalue weighted by Gasteiger charge is -2.35. The predicted octanol–water partition coefficient (Wildman–Crippen LogP) is 0.214. The molecule has 118 valence electrons. The molecule has 0 radical (unpaired) electrons. The van der Waals surface area contributed by atoms with Crippen LogP contribution < -0.4 is 22.5 Å². The lowest BCUT2D eigenvalue weighted by atomic mass is 10.1. The number of hydrogen-bond acceptors (Lipinski definition) is 6. The highest BCUT2D eigenvalue weighted by Gasteiger charge is 2.33. The van der Waals surface area contributed by atoms with Crippen LogP contribution in [0.3, 0.4) is 0 Å². The number of nitrogens with one attached hydrogen (secondary N) is 1. The van der Waals surface area contributed by atoms with Gasteiger partial charge in [-0.3, -0.25) is 0 Å². The molecule has 2 heterocycles. The fourth-order valence-electron chi connectivity index (χ4n) is 3.29. The maximum Gasteiger partial charge on any atom is 0.124 e. The number of para-hydroxylation sites is 1. The Morgan fingerprint density at radius 3 is 2.36 bits per heavy atom. The Morgan fingerprint density at radius 2 is 1.77 bits per heavy atom. The van der Waals surface area contributed by atoms with Gasteiger partial charge in [0, 0.05) is 36.4 Å². The van der Waals surface area contributed by atoms with Crippen molar-refractivity contribution in [2.24, 2.45) is 17.2 Å². The van der Waals surface area contributed by atoms with Gasteiger partial charge in [-0.15, -0.1) is 0 Å². The van der Waals surface area contributed by atoms with E-state index in [0.717, 1.165) is 18.8 Å². The lowest BCUT2D eigenvalue weighted by Crippen LogP contribution is -2.51. The summed E-state index contributed by atoms with van der Waals surface area (Å²) in [5.41, 5.74) is 19.7. The van der Waals surface area contributed by atoms with E-state index in [0.29, 0.717) is 23.3 Å². The first-order valence-electron chi connectivity index (χ1n) is 7.56. The fraction of sp³-hybridized carbons (Fsp3) is 0.375. The van der Waals surface area contributed by atoms with E-state index in [1.807, 2.05) is 6.07 Å². The Morgan fingerprint density at radius 1 is 1.14 bits per heavy atom. The van der Waals surface area contributed by atoms with Crippen LogP contribution in [0.15, 0.2) is 41.9 Å². The highest BCUT2D eigenvalue weighted by atomic mass is 16.3. The molecule has 2 unspecified atom stereocenters. The Kier molecular flexibility index (Phi) is 3.85. The minimum atomic E-state index is 0.145. The van der Waals surface area contributed by atoms with E-state index in [9.17, 15) is 5.11 Å². The number of rotatable bonds is 3. The number of phenolic OH excluding ortho intramolecular Hbond substituents is 1. The molecule has 0 aromatic heterocycles. The summed E-state index contributed by atoms with van der Waals surface area (Å²) >= 11 is 0. The highest BCUT2D eigenvalue weighted by molar-refractivity contribution is 5.69. The average Bonchev–Trinajstić information content (AvgIpc) is 2.83. The Hall–Kier alpha value is -2.34. The zero-order chi connectivity index (χ0) is 15.7. The van der Waals surface area contributed by atoms with Gasteiger partial charge in [-0.05, 0) is 31.1 Å². The van der Waals surface area contributed by atoms with Gasteiger partial charge in [-0.2, -0.15) is 0 Å². The number of benzene rings is 1.